The molecule has 2 rings (SSSR count). The van der Waals surface area contributed by atoms with Gasteiger partial charge in [0.25, 0.3) is 0 Å². The van der Waals surface area contributed by atoms with Crippen molar-refractivity contribution in [3.8, 4) is 0 Å². The maximum Gasteiger partial charge on any atom is 0.163 e. The van der Waals surface area contributed by atoms with Crippen molar-refractivity contribution in [3.63, 3.8) is 0 Å². The Morgan fingerprint density at radius 3 is 3.06 bits per heavy atom. The van der Waals surface area contributed by atoms with E-state index >= 15 is 0 Å². The van der Waals surface area contributed by atoms with Crippen LogP contribution in [0.2, 0.25) is 0 Å². The number of nitrogens with one attached hydrogen (secondary N) is 1. The molecule has 0 heterocycles. The van der Waals surface area contributed by atoms with Crippen molar-refractivity contribution in [1.82, 2.24) is 0 Å². The molecular weight excluding hydrogens is 217 g/mol. The van der Waals surface area contributed by atoms with Crippen LogP contribution in [-0.2, 0) is 4.79 Å². The predicted octanol–water partition coefficient (Wildman–Crippen LogP) is 3.51. The normalized spacial score (nSPS) is 22.8. The van der Waals surface area contributed by atoms with Crippen LogP contribution >= 0.6 is 0 Å². The number of benzene rings is 1. The van der Waals surface area contributed by atoms with E-state index in [4.69, 9.17) is 0 Å². The van der Waals surface area contributed by atoms with Crippen molar-refractivity contribution in [2.24, 2.45) is 5.92 Å². The Labute approximate surface area is 101 Å². The van der Waals surface area contributed by atoms with Gasteiger partial charge in [0.1, 0.15) is 5.82 Å². The lowest BCUT2D eigenvalue weighted by atomic mass is 9.86. The first-order valence-corrected chi connectivity index (χ1v) is 5.92. The zero-order valence-electron chi connectivity index (χ0n) is 9.87. The number of carbonyl (C=O) groups excluding carboxylic acids is 1. The highest BCUT2D eigenvalue weighted by molar-refractivity contribution is 5.97. The summed E-state index contributed by atoms with van der Waals surface area (Å²) < 4.78 is 12.9. The molecule has 0 bridgehead atoms. The summed E-state index contributed by atoms with van der Waals surface area (Å²) in [5.74, 6) is 0.0428. The summed E-state index contributed by atoms with van der Waals surface area (Å²) in [6, 6.07) is 6.22. The molecule has 0 spiro atoms. The number of carbonyl (C=O) groups is 1. The highest BCUT2D eigenvalue weighted by Gasteiger charge is 2.22. The minimum atomic E-state index is -0.281. The first kappa shape index (κ1) is 11.8. The first-order chi connectivity index (χ1) is 8.16. The minimum absolute atomic E-state index is 0.115. The number of Topliss-reactive ketones (excluding diaryl/α,β-unsaturated/α-hetero) is 1. The summed E-state index contributed by atoms with van der Waals surface area (Å²) >= 11 is 0. The molecule has 17 heavy (non-hydrogen) atoms. The van der Waals surface area contributed by atoms with E-state index in [1.165, 1.54) is 12.1 Å². The van der Waals surface area contributed by atoms with Crippen LogP contribution in [0.25, 0.3) is 0 Å². The van der Waals surface area contributed by atoms with Gasteiger partial charge in [-0.3, -0.25) is 4.79 Å². The number of allylic oxidation sites excluding steroid dienone is 1. The van der Waals surface area contributed by atoms with Gasteiger partial charge in [-0.25, -0.2) is 4.39 Å². The third-order valence-electron chi connectivity index (χ3n) is 3.09. The van der Waals surface area contributed by atoms with Crippen LogP contribution in [-0.4, -0.2) is 5.78 Å². The highest BCUT2D eigenvalue weighted by atomic mass is 19.1. The second-order valence-electron chi connectivity index (χ2n) is 4.48. The SMILES string of the molecule is CC1CCC/C(=C/Nc2cccc(F)c2)C1=O. The Morgan fingerprint density at radius 1 is 1.47 bits per heavy atom. The lowest BCUT2D eigenvalue weighted by molar-refractivity contribution is -0.119. The zero-order valence-corrected chi connectivity index (χ0v) is 9.87. The van der Waals surface area contributed by atoms with Crippen molar-refractivity contribution in [1.29, 1.82) is 0 Å². The molecule has 90 valence electrons. The Bertz CT molecular complexity index is 453. The van der Waals surface area contributed by atoms with E-state index in [9.17, 15) is 9.18 Å². The molecule has 0 radical (unpaired) electrons. The van der Waals surface area contributed by atoms with Gasteiger partial charge in [0.05, 0.1) is 0 Å². The molecule has 1 aliphatic rings. The minimum Gasteiger partial charge on any atom is -0.361 e. The summed E-state index contributed by atoms with van der Waals surface area (Å²) in [4.78, 5) is 11.8. The summed E-state index contributed by atoms with van der Waals surface area (Å²) in [7, 11) is 0. The lowest BCUT2D eigenvalue weighted by Crippen LogP contribution is -2.19. The molecule has 0 aromatic heterocycles. The van der Waals surface area contributed by atoms with E-state index in [-0.39, 0.29) is 17.5 Å². The topological polar surface area (TPSA) is 29.1 Å². The molecule has 1 atom stereocenters. The fraction of sp³-hybridized carbons (Fsp3) is 0.357. The van der Waals surface area contributed by atoms with Crippen molar-refractivity contribution >= 4 is 11.5 Å². The molecule has 0 amide bonds. The quantitative estimate of drug-likeness (QED) is 0.792. The average Bonchev–Trinajstić information content (AvgIpc) is 2.31. The molecule has 1 fully saturated rings. The Balaban J connectivity index is 2.07. The fourth-order valence-corrected chi connectivity index (χ4v) is 2.06. The zero-order chi connectivity index (χ0) is 12.3. The van der Waals surface area contributed by atoms with Gasteiger partial charge in [-0.2, -0.15) is 0 Å². The van der Waals surface area contributed by atoms with Crippen LogP contribution < -0.4 is 5.32 Å². The van der Waals surface area contributed by atoms with Crippen LogP contribution in [0, 0.1) is 11.7 Å². The van der Waals surface area contributed by atoms with E-state index in [2.05, 4.69) is 5.32 Å². The molecule has 1 aromatic rings. The third kappa shape index (κ3) is 2.93. The molecule has 2 nitrogen and oxygen atoms in total. The van der Waals surface area contributed by atoms with E-state index in [1.54, 1.807) is 18.3 Å². The molecule has 3 heteroatoms. The number of rotatable bonds is 2. The summed E-state index contributed by atoms with van der Waals surface area (Å²) in [5, 5.41) is 2.98. The molecule has 1 saturated carbocycles. The van der Waals surface area contributed by atoms with Crippen LogP contribution in [0.5, 0.6) is 0 Å². The van der Waals surface area contributed by atoms with Crippen molar-refractivity contribution < 1.29 is 9.18 Å². The van der Waals surface area contributed by atoms with Gasteiger partial charge >= 0.3 is 0 Å². The summed E-state index contributed by atoms with van der Waals surface area (Å²) in [5.41, 5.74) is 1.48. The van der Waals surface area contributed by atoms with E-state index in [1.807, 2.05) is 6.92 Å². The Morgan fingerprint density at radius 2 is 2.29 bits per heavy atom. The van der Waals surface area contributed by atoms with Gasteiger partial charge in [-0.15, -0.1) is 0 Å². The maximum absolute atomic E-state index is 12.9. The molecule has 1 unspecified atom stereocenters. The molecular formula is C14H16FNO. The van der Waals surface area contributed by atoms with Gasteiger partial charge in [-0.05, 0) is 37.5 Å². The Kier molecular flexibility index (Phi) is 3.57. The largest absolute Gasteiger partial charge is 0.361 e. The van der Waals surface area contributed by atoms with Crippen LogP contribution in [0.1, 0.15) is 26.2 Å². The number of halogens is 1. The second kappa shape index (κ2) is 5.13. The van der Waals surface area contributed by atoms with Gasteiger partial charge in [0, 0.05) is 23.4 Å². The van der Waals surface area contributed by atoms with Gasteiger partial charge in [0.15, 0.2) is 5.78 Å². The molecule has 0 saturated heterocycles. The average molecular weight is 233 g/mol. The standard InChI is InChI=1S/C14H16FNO/c1-10-4-2-5-11(14(10)17)9-16-13-7-3-6-12(15)8-13/h3,6-10,16H,2,4-5H2,1H3/b11-9-. The third-order valence-corrected chi connectivity index (χ3v) is 3.09. The smallest absolute Gasteiger partial charge is 0.163 e. The summed E-state index contributed by atoms with van der Waals surface area (Å²) in [6.45, 7) is 1.96. The molecule has 1 N–H and O–H groups in total. The predicted molar refractivity (Wildman–Crippen MR) is 66.1 cm³/mol. The Hall–Kier alpha value is -1.64. The van der Waals surface area contributed by atoms with Crippen LogP contribution in [0.3, 0.4) is 0 Å². The summed E-state index contributed by atoms with van der Waals surface area (Å²) in [6.07, 6.45) is 4.54. The van der Waals surface area contributed by atoms with Crippen molar-refractivity contribution in [3.05, 3.63) is 41.9 Å². The second-order valence-corrected chi connectivity index (χ2v) is 4.48. The van der Waals surface area contributed by atoms with Gasteiger partial charge < -0.3 is 5.32 Å². The molecule has 1 aliphatic carbocycles. The molecule has 1 aromatic carbocycles. The highest BCUT2D eigenvalue weighted by Crippen LogP contribution is 2.24. The fourth-order valence-electron chi connectivity index (χ4n) is 2.06. The van der Waals surface area contributed by atoms with E-state index in [0.29, 0.717) is 5.69 Å². The van der Waals surface area contributed by atoms with Crippen LogP contribution in [0.4, 0.5) is 10.1 Å². The van der Waals surface area contributed by atoms with Gasteiger partial charge in [0.2, 0.25) is 0 Å². The first-order valence-electron chi connectivity index (χ1n) is 5.92. The van der Waals surface area contributed by atoms with Crippen LogP contribution in [0.15, 0.2) is 36.0 Å². The molecule has 0 aliphatic heterocycles. The lowest BCUT2D eigenvalue weighted by Gasteiger charge is -2.19. The number of hydrogen-bond donors (Lipinski definition) is 1. The number of anilines is 1. The number of hydrogen-bond acceptors (Lipinski definition) is 2. The van der Waals surface area contributed by atoms with Crippen molar-refractivity contribution in [2.75, 3.05) is 5.32 Å². The van der Waals surface area contributed by atoms with E-state index < -0.39 is 0 Å². The number of ketones is 1. The van der Waals surface area contributed by atoms with Gasteiger partial charge in [-0.1, -0.05) is 13.0 Å². The maximum atomic E-state index is 12.9. The monoisotopic (exact) mass is 233 g/mol. The van der Waals surface area contributed by atoms with Crippen molar-refractivity contribution in [2.45, 2.75) is 26.2 Å². The van der Waals surface area contributed by atoms with E-state index in [0.717, 1.165) is 24.8 Å².